The van der Waals surface area contributed by atoms with E-state index in [2.05, 4.69) is 10.6 Å². The molecule has 3 N–H and O–H groups in total. The van der Waals surface area contributed by atoms with E-state index in [-0.39, 0.29) is 18.6 Å². The second-order valence-electron chi connectivity index (χ2n) is 4.93. The topological polar surface area (TPSA) is 87.7 Å². The second-order valence-corrected chi connectivity index (χ2v) is 4.93. The molecule has 0 radical (unpaired) electrons. The predicted octanol–water partition coefficient (Wildman–Crippen LogP) is 0.965. The van der Waals surface area contributed by atoms with Crippen molar-refractivity contribution < 1.29 is 19.4 Å². The molecule has 1 aliphatic rings. The summed E-state index contributed by atoms with van der Waals surface area (Å²) in [7, 11) is 0. The van der Waals surface area contributed by atoms with E-state index in [1.54, 1.807) is 13.8 Å². The van der Waals surface area contributed by atoms with Gasteiger partial charge in [-0.25, -0.2) is 4.79 Å². The van der Waals surface area contributed by atoms with Gasteiger partial charge in [0, 0.05) is 25.8 Å². The van der Waals surface area contributed by atoms with E-state index in [9.17, 15) is 9.59 Å². The van der Waals surface area contributed by atoms with Crippen LogP contribution in [0, 0.1) is 5.41 Å². The van der Waals surface area contributed by atoms with Gasteiger partial charge in [0.25, 0.3) is 0 Å². The van der Waals surface area contributed by atoms with E-state index in [1.807, 2.05) is 0 Å². The average Bonchev–Trinajstić information content (AvgIpc) is 2.37. The second kappa shape index (κ2) is 6.58. The molecule has 1 fully saturated rings. The normalized spacial score (nSPS) is 19.9. The van der Waals surface area contributed by atoms with Gasteiger partial charge in [0.1, 0.15) is 0 Å². The Morgan fingerprint density at radius 3 is 2.50 bits per heavy atom. The minimum Gasteiger partial charge on any atom is -0.481 e. The van der Waals surface area contributed by atoms with Gasteiger partial charge in [-0.3, -0.25) is 4.79 Å². The highest BCUT2D eigenvalue weighted by atomic mass is 16.5. The highest BCUT2D eigenvalue weighted by Crippen LogP contribution is 2.19. The highest BCUT2D eigenvalue weighted by molar-refractivity contribution is 5.77. The first-order valence-electron chi connectivity index (χ1n) is 6.33. The molecule has 1 aliphatic heterocycles. The Morgan fingerprint density at radius 1 is 1.39 bits per heavy atom. The lowest BCUT2D eigenvalue weighted by atomic mass is 9.88. The van der Waals surface area contributed by atoms with Crippen LogP contribution in [-0.4, -0.2) is 42.9 Å². The molecule has 6 nitrogen and oxygen atoms in total. The van der Waals surface area contributed by atoms with Crippen molar-refractivity contribution in [2.24, 2.45) is 5.41 Å². The quantitative estimate of drug-likeness (QED) is 0.685. The van der Waals surface area contributed by atoms with E-state index in [1.165, 1.54) is 0 Å². The Balaban J connectivity index is 2.33. The third-order valence-electron chi connectivity index (χ3n) is 3.49. The van der Waals surface area contributed by atoms with Crippen molar-refractivity contribution in [1.82, 2.24) is 10.6 Å². The summed E-state index contributed by atoms with van der Waals surface area (Å²) in [5.41, 5.74) is -0.910. The lowest BCUT2D eigenvalue weighted by Gasteiger charge is -2.26. The van der Waals surface area contributed by atoms with Crippen LogP contribution >= 0.6 is 0 Å². The molecule has 1 saturated heterocycles. The zero-order valence-corrected chi connectivity index (χ0v) is 11.0. The molecule has 1 rings (SSSR count). The number of carbonyl (C=O) groups excluding carboxylic acids is 1. The molecule has 2 amide bonds. The molecule has 18 heavy (non-hydrogen) atoms. The molecule has 0 spiro atoms. The van der Waals surface area contributed by atoms with Gasteiger partial charge in [-0.2, -0.15) is 0 Å². The molecule has 0 aromatic heterocycles. The first-order chi connectivity index (χ1) is 8.48. The van der Waals surface area contributed by atoms with Crippen LogP contribution < -0.4 is 10.6 Å². The number of rotatable bonds is 5. The van der Waals surface area contributed by atoms with Gasteiger partial charge in [-0.05, 0) is 26.2 Å². The molecule has 0 aliphatic carbocycles. The van der Waals surface area contributed by atoms with Crippen LogP contribution in [0.1, 0.15) is 33.1 Å². The summed E-state index contributed by atoms with van der Waals surface area (Å²) in [6, 6.07) is -0.181. The smallest absolute Gasteiger partial charge is 0.315 e. The molecular weight excluding hydrogens is 236 g/mol. The van der Waals surface area contributed by atoms with Crippen molar-refractivity contribution in [3.8, 4) is 0 Å². The number of nitrogens with one attached hydrogen (secondary N) is 2. The largest absolute Gasteiger partial charge is 0.481 e. The molecule has 1 unspecified atom stereocenters. The van der Waals surface area contributed by atoms with E-state index in [4.69, 9.17) is 9.84 Å². The van der Waals surface area contributed by atoms with Crippen molar-refractivity contribution in [3.63, 3.8) is 0 Å². The van der Waals surface area contributed by atoms with Gasteiger partial charge in [0.2, 0.25) is 0 Å². The van der Waals surface area contributed by atoms with Gasteiger partial charge in [-0.15, -0.1) is 0 Å². The van der Waals surface area contributed by atoms with Gasteiger partial charge >= 0.3 is 12.0 Å². The van der Waals surface area contributed by atoms with E-state index >= 15 is 0 Å². The number of ether oxygens (including phenoxy) is 1. The molecule has 1 atom stereocenters. The lowest BCUT2D eigenvalue weighted by molar-refractivity contribution is -0.147. The van der Waals surface area contributed by atoms with Crippen molar-refractivity contribution >= 4 is 12.0 Å². The fourth-order valence-electron chi connectivity index (χ4n) is 1.71. The number of urea groups is 1. The first-order valence-corrected chi connectivity index (χ1v) is 6.33. The van der Waals surface area contributed by atoms with Gasteiger partial charge in [0.15, 0.2) is 0 Å². The molecule has 0 saturated carbocycles. The summed E-state index contributed by atoms with van der Waals surface area (Å²) >= 11 is 0. The maximum atomic E-state index is 11.6. The van der Waals surface area contributed by atoms with Crippen molar-refractivity contribution in [3.05, 3.63) is 0 Å². The van der Waals surface area contributed by atoms with Crippen LogP contribution in [0.5, 0.6) is 0 Å². The number of carboxylic acid groups (broad SMARTS) is 1. The summed E-state index contributed by atoms with van der Waals surface area (Å²) in [6.45, 7) is 4.88. The fourth-order valence-corrected chi connectivity index (χ4v) is 1.71. The minimum absolute atomic E-state index is 0.122. The molecular formula is C12H22N2O4. The molecule has 1 heterocycles. The zero-order chi connectivity index (χ0) is 13.6. The summed E-state index contributed by atoms with van der Waals surface area (Å²) < 4.78 is 5.19. The van der Waals surface area contributed by atoms with Crippen LogP contribution in [0.25, 0.3) is 0 Å². The maximum Gasteiger partial charge on any atom is 0.315 e. The summed E-state index contributed by atoms with van der Waals surface area (Å²) in [6.07, 6.45) is 2.08. The van der Waals surface area contributed by atoms with Gasteiger partial charge in [-0.1, -0.05) is 6.92 Å². The number of carboxylic acids is 1. The number of amides is 2. The third kappa shape index (κ3) is 4.18. The lowest BCUT2D eigenvalue weighted by Crippen LogP contribution is -2.48. The predicted molar refractivity (Wildman–Crippen MR) is 66.4 cm³/mol. The number of hydrogen-bond acceptors (Lipinski definition) is 3. The minimum atomic E-state index is -0.910. The standard InChI is InChI=1S/C12H22N2O4/c1-3-12(2,10(15)16)8-13-11(17)14-9-4-6-18-7-5-9/h9H,3-8H2,1-2H3,(H,15,16)(H2,13,14,17). The highest BCUT2D eigenvalue weighted by Gasteiger charge is 2.31. The van der Waals surface area contributed by atoms with Crippen molar-refractivity contribution in [1.29, 1.82) is 0 Å². The van der Waals surface area contributed by atoms with Crippen molar-refractivity contribution in [2.75, 3.05) is 19.8 Å². The Hall–Kier alpha value is -1.30. The molecule has 0 bridgehead atoms. The molecule has 6 heteroatoms. The van der Waals surface area contributed by atoms with Crippen LogP contribution in [0.2, 0.25) is 0 Å². The fraction of sp³-hybridized carbons (Fsp3) is 0.833. The van der Waals surface area contributed by atoms with Crippen LogP contribution in [0.3, 0.4) is 0 Å². The van der Waals surface area contributed by atoms with Gasteiger partial charge in [0.05, 0.1) is 5.41 Å². The third-order valence-corrected chi connectivity index (χ3v) is 3.49. The van der Waals surface area contributed by atoms with E-state index in [0.717, 1.165) is 12.8 Å². The molecule has 104 valence electrons. The van der Waals surface area contributed by atoms with Crippen molar-refractivity contribution in [2.45, 2.75) is 39.2 Å². The zero-order valence-electron chi connectivity index (χ0n) is 11.0. The van der Waals surface area contributed by atoms with Crippen LogP contribution in [0.15, 0.2) is 0 Å². The van der Waals surface area contributed by atoms with Gasteiger partial charge < -0.3 is 20.5 Å². The summed E-state index contributed by atoms with van der Waals surface area (Å²) in [5, 5.41) is 14.5. The molecule has 0 aromatic rings. The molecule has 0 aromatic carbocycles. The van der Waals surface area contributed by atoms with E-state index < -0.39 is 11.4 Å². The van der Waals surface area contributed by atoms with E-state index in [0.29, 0.717) is 19.6 Å². The summed E-state index contributed by atoms with van der Waals surface area (Å²) in [5.74, 6) is -0.892. The van der Waals surface area contributed by atoms with Crippen LogP contribution in [-0.2, 0) is 9.53 Å². The maximum absolute atomic E-state index is 11.6. The summed E-state index contributed by atoms with van der Waals surface area (Å²) in [4.78, 5) is 22.7. The number of carbonyl (C=O) groups is 2. The Kier molecular flexibility index (Phi) is 5.40. The Bertz CT molecular complexity index is 302. The Morgan fingerprint density at radius 2 is 2.00 bits per heavy atom. The number of hydrogen-bond donors (Lipinski definition) is 3. The monoisotopic (exact) mass is 258 g/mol. The number of aliphatic carboxylic acids is 1. The van der Waals surface area contributed by atoms with Crippen LogP contribution in [0.4, 0.5) is 4.79 Å². The first kappa shape index (κ1) is 14.8. The SMILES string of the molecule is CCC(C)(CNC(=O)NC1CCOCC1)C(=O)O. The average molecular weight is 258 g/mol. The Labute approximate surface area is 107 Å².